The summed E-state index contributed by atoms with van der Waals surface area (Å²) in [5, 5.41) is 3.51. The van der Waals surface area contributed by atoms with Crippen LogP contribution in [0.2, 0.25) is 5.02 Å². The Balaban J connectivity index is 1.93. The molecule has 3 rings (SSSR count). The predicted octanol–water partition coefficient (Wildman–Crippen LogP) is 6.49. The van der Waals surface area contributed by atoms with E-state index in [1.54, 1.807) is 48.5 Å². The van der Waals surface area contributed by atoms with E-state index in [2.05, 4.69) is 5.32 Å². The number of carbonyl (C=O) groups excluding carboxylic acids is 1. The number of benzene rings is 3. The molecule has 3 aromatic carbocycles. The molecule has 0 fully saturated rings. The van der Waals surface area contributed by atoms with Gasteiger partial charge in [0.15, 0.2) is 23.2 Å². The first kappa shape index (κ1) is 20.0. The van der Waals surface area contributed by atoms with Crippen molar-refractivity contribution in [2.75, 3.05) is 5.32 Å². The molecule has 0 aliphatic carbocycles. The number of carbonyl (C=O) groups is 1. The Morgan fingerprint density at radius 1 is 1.00 bits per heavy atom. The van der Waals surface area contributed by atoms with Crippen LogP contribution in [0.25, 0.3) is 0 Å². The molecule has 0 aliphatic rings. The van der Waals surface area contributed by atoms with E-state index in [1.807, 2.05) is 6.07 Å². The minimum absolute atomic E-state index is 0.0334. The molecule has 0 radical (unpaired) electrons. The summed E-state index contributed by atoms with van der Waals surface area (Å²) in [5.74, 6) is -4.23. The lowest BCUT2D eigenvalue weighted by molar-refractivity contribution is 0.0976. The van der Waals surface area contributed by atoms with Gasteiger partial charge in [0.1, 0.15) is 0 Å². The van der Waals surface area contributed by atoms with E-state index < -0.39 is 23.5 Å². The van der Waals surface area contributed by atoms with Crippen LogP contribution in [0, 0.1) is 24.4 Å². The standard InChI is InChI=1S/C22H17ClF3NO/c1-13-18(11-17(24)22(26)21(13)25)27-19(14-5-3-2-4-6-14)12-20(28)15-7-9-16(23)10-8-15/h2-11,19,27H,12H2,1H3. The third-order valence-electron chi connectivity index (χ3n) is 4.49. The van der Waals surface area contributed by atoms with E-state index in [1.165, 1.54) is 6.92 Å². The first-order chi connectivity index (χ1) is 13.4. The van der Waals surface area contributed by atoms with Crippen LogP contribution in [0.3, 0.4) is 0 Å². The topological polar surface area (TPSA) is 29.1 Å². The lowest BCUT2D eigenvalue weighted by Gasteiger charge is -2.22. The molecule has 0 spiro atoms. The van der Waals surface area contributed by atoms with Crippen LogP contribution in [0.15, 0.2) is 60.7 Å². The van der Waals surface area contributed by atoms with Crippen molar-refractivity contribution in [1.29, 1.82) is 0 Å². The Kier molecular flexibility index (Phi) is 6.05. The summed E-state index contributed by atoms with van der Waals surface area (Å²) in [6, 6.07) is 15.8. The summed E-state index contributed by atoms with van der Waals surface area (Å²) in [6.07, 6.45) is 0.0334. The van der Waals surface area contributed by atoms with Crippen LogP contribution in [-0.2, 0) is 0 Å². The zero-order chi connectivity index (χ0) is 20.3. The van der Waals surface area contributed by atoms with Crippen LogP contribution in [-0.4, -0.2) is 5.78 Å². The Morgan fingerprint density at radius 2 is 1.64 bits per heavy atom. The first-order valence-electron chi connectivity index (χ1n) is 8.61. The monoisotopic (exact) mass is 403 g/mol. The fraction of sp³-hybridized carbons (Fsp3) is 0.136. The second-order valence-electron chi connectivity index (χ2n) is 6.40. The maximum Gasteiger partial charge on any atom is 0.194 e. The second kappa shape index (κ2) is 8.48. The lowest BCUT2D eigenvalue weighted by Crippen LogP contribution is -2.17. The zero-order valence-corrected chi connectivity index (χ0v) is 15.7. The molecule has 1 N–H and O–H groups in total. The summed E-state index contributed by atoms with van der Waals surface area (Å²) in [6.45, 7) is 1.35. The molecule has 0 amide bonds. The number of Topliss-reactive ketones (excluding diaryl/α,β-unsaturated/α-hetero) is 1. The second-order valence-corrected chi connectivity index (χ2v) is 6.84. The zero-order valence-electron chi connectivity index (χ0n) is 15.0. The number of nitrogens with one attached hydrogen (secondary N) is 1. The van der Waals surface area contributed by atoms with E-state index in [0.29, 0.717) is 10.6 Å². The normalized spacial score (nSPS) is 11.9. The quantitative estimate of drug-likeness (QED) is 0.376. The van der Waals surface area contributed by atoms with Gasteiger partial charge < -0.3 is 5.32 Å². The Bertz CT molecular complexity index is 991. The molecule has 1 atom stereocenters. The summed E-state index contributed by atoms with van der Waals surface area (Å²) in [5.41, 5.74) is 1.27. The highest BCUT2D eigenvalue weighted by atomic mass is 35.5. The van der Waals surface area contributed by atoms with Gasteiger partial charge in [-0.25, -0.2) is 13.2 Å². The molecule has 2 nitrogen and oxygen atoms in total. The Hall–Kier alpha value is -2.79. The highest BCUT2D eigenvalue weighted by molar-refractivity contribution is 6.30. The molecule has 0 aromatic heterocycles. The molecule has 144 valence electrons. The van der Waals surface area contributed by atoms with Crippen molar-refractivity contribution in [2.24, 2.45) is 0 Å². The van der Waals surface area contributed by atoms with E-state index in [9.17, 15) is 18.0 Å². The largest absolute Gasteiger partial charge is 0.377 e. The smallest absolute Gasteiger partial charge is 0.194 e. The third kappa shape index (κ3) is 4.37. The van der Waals surface area contributed by atoms with E-state index in [-0.39, 0.29) is 23.5 Å². The fourth-order valence-electron chi connectivity index (χ4n) is 2.90. The van der Waals surface area contributed by atoms with Crippen LogP contribution < -0.4 is 5.32 Å². The maximum absolute atomic E-state index is 13.9. The fourth-order valence-corrected chi connectivity index (χ4v) is 3.03. The van der Waals surface area contributed by atoms with Crippen LogP contribution >= 0.6 is 11.6 Å². The van der Waals surface area contributed by atoms with Gasteiger partial charge in [0.25, 0.3) is 0 Å². The molecule has 0 heterocycles. The lowest BCUT2D eigenvalue weighted by atomic mass is 9.97. The summed E-state index contributed by atoms with van der Waals surface area (Å²) in [4.78, 5) is 12.7. The molecule has 0 saturated carbocycles. The van der Waals surface area contributed by atoms with Gasteiger partial charge >= 0.3 is 0 Å². The van der Waals surface area contributed by atoms with Gasteiger partial charge in [0, 0.05) is 34.3 Å². The summed E-state index contributed by atoms with van der Waals surface area (Å²) >= 11 is 5.86. The number of hydrogen-bond donors (Lipinski definition) is 1. The Labute approximate surface area is 166 Å². The highest BCUT2D eigenvalue weighted by Gasteiger charge is 2.21. The number of rotatable bonds is 6. The van der Waals surface area contributed by atoms with Crippen molar-refractivity contribution in [3.8, 4) is 0 Å². The van der Waals surface area contributed by atoms with Gasteiger partial charge in [-0.2, -0.15) is 0 Å². The minimum atomic E-state index is -1.52. The van der Waals surface area contributed by atoms with E-state index in [4.69, 9.17) is 11.6 Å². The van der Waals surface area contributed by atoms with Gasteiger partial charge in [0.2, 0.25) is 0 Å². The van der Waals surface area contributed by atoms with Crippen molar-refractivity contribution in [2.45, 2.75) is 19.4 Å². The maximum atomic E-state index is 13.9. The van der Waals surface area contributed by atoms with Crippen LogP contribution in [0.4, 0.5) is 18.9 Å². The molecule has 6 heteroatoms. The van der Waals surface area contributed by atoms with E-state index >= 15 is 0 Å². The van der Waals surface area contributed by atoms with Crippen LogP contribution in [0.1, 0.15) is 33.9 Å². The van der Waals surface area contributed by atoms with Gasteiger partial charge in [-0.15, -0.1) is 0 Å². The van der Waals surface area contributed by atoms with Crippen molar-refractivity contribution < 1.29 is 18.0 Å². The van der Waals surface area contributed by atoms with Crippen molar-refractivity contribution in [3.63, 3.8) is 0 Å². The summed E-state index contributed by atoms with van der Waals surface area (Å²) in [7, 11) is 0. The van der Waals surface area contributed by atoms with Gasteiger partial charge in [0.05, 0.1) is 6.04 Å². The van der Waals surface area contributed by atoms with Gasteiger partial charge in [-0.1, -0.05) is 41.9 Å². The molecular formula is C22H17ClF3NO. The SMILES string of the molecule is Cc1c(NC(CC(=O)c2ccc(Cl)cc2)c2ccccc2)cc(F)c(F)c1F. The Morgan fingerprint density at radius 3 is 2.29 bits per heavy atom. The highest BCUT2D eigenvalue weighted by Crippen LogP contribution is 2.29. The first-order valence-corrected chi connectivity index (χ1v) is 8.99. The van der Waals surface area contributed by atoms with Gasteiger partial charge in [-0.3, -0.25) is 4.79 Å². The van der Waals surface area contributed by atoms with Crippen LogP contribution in [0.5, 0.6) is 0 Å². The number of ketones is 1. The predicted molar refractivity (Wildman–Crippen MR) is 104 cm³/mol. The molecule has 3 aromatic rings. The minimum Gasteiger partial charge on any atom is -0.377 e. The molecule has 28 heavy (non-hydrogen) atoms. The number of anilines is 1. The third-order valence-corrected chi connectivity index (χ3v) is 4.75. The summed E-state index contributed by atoms with van der Waals surface area (Å²) < 4.78 is 41.1. The number of hydrogen-bond acceptors (Lipinski definition) is 2. The van der Waals surface area contributed by atoms with Crippen molar-refractivity contribution in [3.05, 3.63) is 99.8 Å². The molecule has 0 saturated heterocycles. The number of halogens is 4. The van der Waals surface area contributed by atoms with Gasteiger partial charge in [-0.05, 0) is 36.8 Å². The molecular weight excluding hydrogens is 387 g/mol. The molecule has 0 bridgehead atoms. The average molecular weight is 404 g/mol. The van der Waals surface area contributed by atoms with Crippen molar-refractivity contribution >= 4 is 23.1 Å². The average Bonchev–Trinajstić information content (AvgIpc) is 2.70. The molecule has 1 unspecified atom stereocenters. The van der Waals surface area contributed by atoms with Crippen molar-refractivity contribution in [1.82, 2.24) is 0 Å². The van der Waals surface area contributed by atoms with E-state index in [0.717, 1.165) is 11.6 Å². The molecule has 0 aliphatic heterocycles.